The number of nitrogens with zero attached hydrogens (tertiary/aromatic N) is 1. The van der Waals surface area contributed by atoms with Crippen LogP contribution in [0.15, 0.2) is 24.3 Å². The second-order valence-corrected chi connectivity index (χ2v) is 5.46. The first-order valence-corrected chi connectivity index (χ1v) is 7.33. The molecule has 1 aromatic rings. The SMILES string of the molecule is NCC(=O)Nc1cccc(C(=O)N2CCSCC2)c1. The van der Waals surface area contributed by atoms with Gasteiger partial charge < -0.3 is 16.0 Å². The van der Waals surface area contributed by atoms with Gasteiger partial charge in [0, 0.05) is 35.8 Å². The highest BCUT2D eigenvalue weighted by Gasteiger charge is 2.18. The molecular formula is C13H17N3O2S. The summed E-state index contributed by atoms with van der Waals surface area (Å²) >= 11 is 1.86. The van der Waals surface area contributed by atoms with Gasteiger partial charge in [-0.25, -0.2) is 0 Å². The first-order chi connectivity index (χ1) is 9.20. The zero-order valence-corrected chi connectivity index (χ0v) is 11.4. The van der Waals surface area contributed by atoms with Gasteiger partial charge in [-0.15, -0.1) is 0 Å². The number of nitrogens with two attached hydrogens (primary N) is 1. The standard InChI is InChI=1S/C13H17N3O2S/c14-9-12(17)15-11-3-1-2-10(8-11)13(18)16-4-6-19-7-5-16/h1-3,8H,4-7,9,14H2,(H,15,17). The Morgan fingerprint density at radius 1 is 1.32 bits per heavy atom. The Morgan fingerprint density at radius 3 is 2.74 bits per heavy atom. The number of nitrogens with one attached hydrogen (secondary N) is 1. The average molecular weight is 279 g/mol. The second-order valence-electron chi connectivity index (χ2n) is 4.24. The highest BCUT2D eigenvalue weighted by molar-refractivity contribution is 7.99. The molecule has 102 valence electrons. The summed E-state index contributed by atoms with van der Waals surface area (Å²) in [4.78, 5) is 25.4. The molecule has 0 saturated carbocycles. The predicted molar refractivity (Wildman–Crippen MR) is 77.4 cm³/mol. The van der Waals surface area contributed by atoms with E-state index in [2.05, 4.69) is 5.32 Å². The molecule has 19 heavy (non-hydrogen) atoms. The average Bonchev–Trinajstić information content (AvgIpc) is 2.47. The van der Waals surface area contributed by atoms with Gasteiger partial charge in [-0.1, -0.05) is 6.07 Å². The zero-order valence-electron chi connectivity index (χ0n) is 10.6. The fourth-order valence-corrected chi connectivity index (χ4v) is 2.79. The van der Waals surface area contributed by atoms with Crippen molar-refractivity contribution in [1.29, 1.82) is 0 Å². The van der Waals surface area contributed by atoms with E-state index in [-0.39, 0.29) is 18.4 Å². The van der Waals surface area contributed by atoms with E-state index in [1.54, 1.807) is 24.3 Å². The van der Waals surface area contributed by atoms with Crippen molar-refractivity contribution < 1.29 is 9.59 Å². The molecule has 2 amide bonds. The predicted octanol–water partition coefficient (Wildman–Crippen LogP) is 0.773. The van der Waals surface area contributed by atoms with Gasteiger partial charge in [0.2, 0.25) is 5.91 Å². The Kier molecular flexibility index (Phi) is 4.81. The number of anilines is 1. The number of amides is 2. The lowest BCUT2D eigenvalue weighted by Crippen LogP contribution is -2.37. The normalized spacial score (nSPS) is 15.1. The van der Waals surface area contributed by atoms with Crippen LogP contribution >= 0.6 is 11.8 Å². The molecule has 0 aliphatic carbocycles. The minimum Gasteiger partial charge on any atom is -0.337 e. The van der Waals surface area contributed by atoms with Crippen molar-refractivity contribution in [2.75, 3.05) is 36.5 Å². The Bertz CT molecular complexity index is 473. The summed E-state index contributed by atoms with van der Waals surface area (Å²) in [6.07, 6.45) is 0. The van der Waals surface area contributed by atoms with Gasteiger partial charge in [-0.2, -0.15) is 11.8 Å². The zero-order chi connectivity index (χ0) is 13.7. The number of carbonyl (C=O) groups is 2. The summed E-state index contributed by atoms with van der Waals surface area (Å²) in [6.45, 7) is 1.49. The quantitative estimate of drug-likeness (QED) is 0.857. The van der Waals surface area contributed by atoms with E-state index in [1.165, 1.54) is 0 Å². The van der Waals surface area contributed by atoms with Crippen LogP contribution in [-0.2, 0) is 4.79 Å². The van der Waals surface area contributed by atoms with Crippen molar-refractivity contribution in [3.8, 4) is 0 Å². The maximum absolute atomic E-state index is 12.3. The number of thioether (sulfide) groups is 1. The van der Waals surface area contributed by atoms with Crippen LogP contribution in [-0.4, -0.2) is 47.9 Å². The Morgan fingerprint density at radius 2 is 2.05 bits per heavy atom. The van der Waals surface area contributed by atoms with E-state index in [9.17, 15) is 9.59 Å². The number of benzene rings is 1. The summed E-state index contributed by atoms with van der Waals surface area (Å²) in [5.74, 6) is 1.72. The third-order valence-electron chi connectivity index (χ3n) is 2.88. The minimum atomic E-state index is -0.265. The van der Waals surface area contributed by atoms with Gasteiger partial charge in [0.25, 0.3) is 5.91 Å². The van der Waals surface area contributed by atoms with Crippen molar-refractivity contribution in [2.24, 2.45) is 5.73 Å². The van der Waals surface area contributed by atoms with E-state index >= 15 is 0 Å². The molecule has 1 fully saturated rings. The minimum absolute atomic E-state index is 0.0177. The molecule has 6 heteroatoms. The first-order valence-electron chi connectivity index (χ1n) is 6.17. The molecular weight excluding hydrogens is 262 g/mol. The van der Waals surface area contributed by atoms with Crippen molar-refractivity contribution in [2.45, 2.75) is 0 Å². The van der Waals surface area contributed by atoms with Gasteiger partial charge in [0.05, 0.1) is 6.54 Å². The lowest BCUT2D eigenvalue weighted by atomic mass is 10.1. The fraction of sp³-hybridized carbons (Fsp3) is 0.385. The number of rotatable bonds is 3. The molecule has 1 aromatic carbocycles. The van der Waals surface area contributed by atoms with Crippen molar-refractivity contribution in [1.82, 2.24) is 4.90 Å². The molecule has 1 aliphatic rings. The summed E-state index contributed by atoms with van der Waals surface area (Å²) in [5.41, 5.74) is 6.45. The molecule has 1 heterocycles. The van der Waals surface area contributed by atoms with Gasteiger partial charge in [-0.3, -0.25) is 9.59 Å². The van der Waals surface area contributed by atoms with Crippen LogP contribution < -0.4 is 11.1 Å². The Hall–Kier alpha value is -1.53. The van der Waals surface area contributed by atoms with Crippen LogP contribution in [0.3, 0.4) is 0 Å². The van der Waals surface area contributed by atoms with Gasteiger partial charge in [0.1, 0.15) is 0 Å². The largest absolute Gasteiger partial charge is 0.337 e. The summed E-state index contributed by atoms with van der Waals surface area (Å²) < 4.78 is 0. The number of hydrogen-bond donors (Lipinski definition) is 2. The molecule has 1 aliphatic heterocycles. The van der Waals surface area contributed by atoms with Gasteiger partial charge in [0.15, 0.2) is 0 Å². The molecule has 0 atom stereocenters. The topological polar surface area (TPSA) is 75.4 Å². The second kappa shape index (κ2) is 6.58. The highest BCUT2D eigenvalue weighted by atomic mass is 32.2. The van der Waals surface area contributed by atoms with Crippen LogP contribution in [0.4, 0.5) is 5.69 Å². The smallest absolute Gasteiger partial charge is 0.253 e. The Labute approximate surface area is 116 Å². The van der Waals surface area contributed by atoms with E-state index in [4.69, 9.17) is 5.73 Å². The Balaban J connectivity index is 2.09. The number of carbonyl (C=O) groups excluding carboxylic acids is 2. The lowest BCUT2D eigenvalue weighted by Gasteiger charge is -2.26. The summed E-state index contributed by atoms with van der Waals surface area (Å²) in [6, 6.07) is 6.97. The van der Waals surface area contributed by atoms with E-state index in [0.717, 1.165) is 24.6 Å². The molecule has 0 aromatic heterocycles. The maximum atomic E-state index is 12.3. The summed E-state index contributed by atoms with van der Waals surface area (Å²) in [5, 5.41) is 2.65. The van der Waals surface area contributed by atoms with E-state index in [0.29, 0.717) is 11.3 Å². The highest BCUT2D eigenvalue weighted by Crippen LogP contribution is 2.16. The molecule has 3 N–H and O–H groups in total. The van der Waals surface area contributed by atoms with Crippen molar-refractivity contribution >= 4 is 29.3 Å². The molecule has 5 nitrogen and oxygen atoms in total. The van der Waals surface area contributed by atoms with Crippen molar-refractivity contribution in [3.63, 3.8) is 0 Å². The maximum Gasteiger partial charge on any atom is 0.253 e. The fourth-order valence-electron chi connectivity index (χ4n) is 1.89. The molecule has 0 radical (unpaired) electrons. The van der Waals surface area contributed by atoms with Gasteiger partial charge in [-0.05, 0) is 18.2 Å². The monoisotopic (exact) mass is 279 g/mol. The summed E-state index contributed by atoms with van der Waals surface area (Å²) in [7, 11) is 0. The molecule has 0 spiro atoms. The lowest BCUT2D eigenvalue weighted by molar-refractivity contribution is -0.114. The number of hydrogen-bond acceptors (Lipinski definition) is 4. The van der Waals surface area contributed by atoms with Gasteiger partial charge >= 0.3 is 0 Å². The molecule has 2 rings (SSSR count). The molecule has 1 saturated heterocycles. The van der Waals surface area contributed by atoms with Crippen LogP contribution in [0.2, 0.25) is 0 Å². The third kappa shape index (κ3) is 3.71. The van der Waals surface area contributed by atoms with Crippen LogP contribution in [0.25, 0.3) is 0 Å². The first kappa shape index (κ1) is 13.9. The molecule has 0 unspecified atom stereocenters. The van der Waals surface area contributed by atoms with Crippen LogP contribution in [0, 0.1) is 0 Å². The van der Waals surface area contributed by atoms with E-state index in [1.807, 2.05) is 16.7 Å². The van der Waals surface area contributed by atoms with Crippen LogP contribution in [0.5, 0.6) is 0 Å². The van der Waals surface area contributed by atoms with E-state index < -0.39 is 0 Å². The third-order valence-corrected chi connectivity index (χ3v) is 3.82. The van der Waals surface area contributed by atoms with Crippen molar-refractivity contribution in [3.05, 3.63) is 29.8 Å². The van der Waals surface area contributed by atoms with Crippen LogP contribution in [0.1, 0.15) is 10.4 Å². The molecule has 0 bridgehead atoms.